The first-order valence-corrected chi connectivity index (χ1v) is 9.57. The molecule has 0 radical (unpaired) electrons. The number of nitrogens with zero attached hydrogens (tertiary/aromatic N) is 2. The number of carbonyl (C=O) groups is 2. The molecule has 0 fully saturated rings. The van der Waals surface area contributed by atoms with Gasteiger partial charge in [0.05, 0.1) is 11.9 Å². The predicted octanol–water partition coefficient (Wildman–Crippen LogP) is 3.78. The molecule has 0 atom stereocenters. The molecule has 3 rings (SSSR count). The van der Waals surface area contributed by atoms with Gasteiger partial charge in [0.2, 0.25) is 11.8 Å². The number of amides is 2. The number of para-hydroxylation sites is 2. The van der Waals surface area contributed by atoms with Crippen molar-refractivity contribution in [2.75, 3.05) is 6.54 Å². The number of hydrogen-bond donors (Lipinski definition) is 1. The monoisotopic (exact) mass is 383 g/mol. The molecular weight excluding hydrogens is 362 g/mol. The SMILES string of the molecule is CCN(Sc1nc2ccccc2o1)C(=O)CCC(=O)NCc1ccccc1. The molecule has 0 aliphatic rings. The van der Waals surface area contributed by atoms with Crippen LogP contribution in [-0.4, -0.2) is 27.6 Å². The Morgan fingerprint density at radius 3 is 2.56 bits per heavy atom. The van der Waals surface area contributed by atoms with E-state index in [2.05, 4.69) is 10.3 Å². The Morgan fingerprint density at radius 2 is 1.81 bits per heavy atom. The largest absolute Gasteiger partial charge is 0.430 e. The van der Waals surface area contributed by atoms with Crippen LogP contribution in [0.1, 0.15) is 25.3 Å². The fraction of sp³-hybridized carbons (Fsp3) is 0.250. The zero-order valence-corrected chi connectivity index (χ0v) is 15.9. The van der Waals surface area contributed by atoms with Gasteiger partial charge in [0.1, 0.15) is 5.52 Å². The lowest BCUT2D eigenvalue weighted by Crippen LogP contribution is -2.27. The van der Waals surface area contributed by atoms with Crippen LogP contribution in [0.3, 0.4) is 0 Å². The first kappa shape index (κ1) is 19.0. The van der Waals surface area contributed by atoms with E-state index in [9.17, 15) is 9.59 Å². The van der Waals surface area contributed by atoms with Crippen LogP contribution in [-0.2, 0) is 16.1 Å². The Morgan fingerprint density at radius 1 is 1.07 bits per heavy atom. The van der Waals surface area contributed by atoms with Gasteiger partial charge in [-0.1, -0.05) is 42.5 Å². The van der Waals surface area contributed by atoms with Crippen LogP contribution >= 0.6 is 11.9 Å². The average Bonchev–Trinajstić information content (AvgIpc) is 3.12. The fourth-order valence-corrected chi connectivity index (χ4v) is 3.28. The number of benzene rings is 2. The summed E-state index contributed by atoms with van der Waals surface area (Å²) < 4.78 is 7.21. The van der Waals surface area contributed by atoms with Crippen molar-refractivity contribution < 1.29 is 14.0 Å². The Hall–Kier alpha value is -2.80. The molecule has 0 saturated carbocycles. The molecule has 0 unspecified atom stereocenters. The highest BCUT2D eigenvalue weighted by atomic mass is 32.2. The number of fused-ring (bicyclic) bond motifs is 1. The third-order valence-electron chi connectivity index (χ3n) is 3.93. The lowest BCUT2D eigenvalue weighted by atomic mass is 10.2. The van der Waals surface area contributed by atoms with E-state index in [1.54, 1.807) is 4.31 Å². The maximum Gasteiger partial charge on any atom is 0.278 e. The maximum atomic E-state index is 12.4. The standard InChI is InChI=1S/C20H21N3O3S/c1-2-23(27-20-22-16-10-6-7-11-17(16)26-20)19(25)13-12-18(24)21-14-15-8-4-3-5-9-15/h3-11H,2,12-14H2,1H3,(H,21,24). The molecule has 3 aromatic rings. The summed E-state index contributed by atoms with van der Waals surface area (Å²) in [6.45, 7) is 2.83. The summed E-state index contributed by atoms with van der Waals surface area (Å²) in [7, 11) is 0. The van der Waals surface area contributed by atoms with Crippen molar-refractivity contribution in [3.63, 3.8) is 0 Å². The average molecular weight is 383 g/mol. The molecule has 2 aromatic carbocycles. The van der Waals surface area contributed by atoms with Crippen molar-refractivity contribution in [3.05, 3.63) is 60.2 Å². The topological polar surface area (TPSA) is 75.4 Å². The highest BCUT2D eigenvalue weighted by molar-refractivity contribution is 7.97. The van der Waals surface area contributed by atoms with Crippen molar-refractivity contribution in [1.82, 2.24) is 14.6 Å². The summed E-state index contributed by atoms with van der Waals surface area (Å²) in [5, 5.41) is 3.25. The Kier molecular flexibility index (Phi) is 6.49. The fourth-order valence-electron chi connectivity index (χ4n) is 2.51. The molecule has 0 spiro atoms. The normalized spacial score (nSPS) is 10.7. The molecule has 1 aromatic heterocycles. The van der Waals surface area contributed by atoms with E-state index in [4.69, 9.17) is 4.42 Å². The summed E-state index contributed by atoms with van der Waals surface area (Å²) in [5.74, 6) is -0.269. The molecule has 1 N–H and O–H groups in total. The molecule has 6 nitrogen and oxygen atoms in total. The van der Waals surface area contributed by atoms with E-state index in [0.29, 0.717) is 23.9 Å². The van der Waals surface area contributed by atoms with Crippen LogP contribution < -0.4 is 5.32 Å². The zero-order valence-electron chi connectivity index (χ0n) is 15.1. The quantitative estimate of drug-likeness (QED) is 0.599. The minimum Gasteiger partial charge on any atom is -0.430 e. The number of rotatable bonds is 8. The number of oxazole rings is 1. The molecule has 0 aliphatic heterocycles. The van der Waals surface area contributed by atoms with Gasteiger partial charge in [-0.2, -0.15) is 0 Å². The minimum absolute atomic E-state index is 0.125. The van der Waals surface area contributed by atoms with Crippen LogP contribution in [0.4, 0.5) is 0 Å². The highest BCUT2D eigenvalue weighted by Gasteiger charge is 2.18. The zero-order chi connectivity index (χ0) is 19.1. The summed E-state index contributed by atoms with van der Waals surface area (Å²) in [6, 6.07) is 17.1. The van der Waals surface area contributed by atoms with Gasteiger partial charge in [-0.05, 0) is 24.6 Å². The maximum absolute atomic E-state index is 12.4. The van der Waals surface area contributed by atoms with Gasteiger partial charge in [-0.25, -0.2) is 4.98 Å². The van der Waals surface area contributed by atoms with Gasteiger partial charge >= 0.3 is 0 Å². The second kappa shape index (κ2) is 9.23. The van der Waals surface area contributed by atoms with Gasteiger partial charge in [0.15, 0.2) is 5.58 Å². The first-order chi connectivity index (χ1) is 13.2. The van der Waals surface area contributed by atoms with Gasteiger partial charge in [-0.3, -0.25) is 13.9 Å². The van der Waals surface area contributed by atoms with Crippen molar-refractivity contribution in [1.29, 1.82) is 0 Å². The molecule has 0 bridgehead atoms. The third-order valence-corrected chi connectivity index (χ3v) is 4.94. The van der Waals surface area contributed by atoms with Crippen LogP contribution in [0, 0.1) is 0 Å². The van der Waals surface area contributed by atoms with Crippen molar-refractivity contribution in [3.8, 4) is 0 Å². The number of aromatic nitrogens is 1. The highest BCUT2D eigenvalue weighted by Crippen LogP contribution is 2.26. The summed E-state index contributed by atoms with van der Waals surface area (Å²) >= 11 is 1.16. The van der Waals surface area contributed by atoms with Crippen LogP contribution in [0.15, 0.2) is 64.2 Å². The van der Waals surface area contributed by atoms with Crippen molar-refractivity contribution in [2.45, 2.75) is 31.5 Å². The van der Waals surface area contributed by atoms with Crippen LogP contribution in [0.2, 0.25) is 0 Å². The van der Waals surface area contributed by atoms with E-state index in [1.807, 2.05) is 61.5 Å². The Balaban J connectivity index is 1.48. The number of nitrogens with one attached hydrogen (secondary N) is 1. The van der Waals surface area contributed by atoms with E-state index in [-0.39, 0.29) is 24.7 Å². The number of hydrogen-bond acceptors (Lipinski definition) is 5. The van der Waals surface area contributed by atoms with Crippen LogP contribution in [0.5, 0.6) is 0 Å². The molecule has 0 saturated heterocycles. The van der Waals surface area contributed by atoms with Crippen molar-refractivity contribution >= 4 is 34.9 Å². The molecule has 1 heterocycles. The molecule has 7 heteroatoms. The smallest absolute Gasteiger partial charge is 0.278 e. The van der Waals surface area contributed by atoms with Gasteiger partial charge in [0, 0.05) is 25.9 Å². The third kappa shape index (κ3) is 5.34. The second-order valence-corrected chi connectivity index (χ2v) is 6.86. The van der Waals surface area contributed by atoms with Crippen LogP contribution in [0.25, 0.3) is 11.1 Å². The number of carbonyl (C=O) groups excluding carboxylic acids is 2. The summed E-state index contributed by atoms with van der Waals surface area (Å²) in [4.78, 5) is 28.8. The minimum atomic E-state index is -0.143. The van der Waals surface area contributed by atoms with E-state index in [0.717, 1.165) is 23.0 Å². The second-order valence-electron chi connectivity index (χ2n) is 5.89. The van der Waals surface area contributed by atoms with Gasteiger partial charge in [-0.15, -0.1) is 0 Å². The molecule has 0 aliphatic carbocycles. The predicted molar refractivity (Wildman–Crippen MR) is 105 cm³/mol. The summed E-state index contributed by atoms with van der Waals surface area (Å²) in [5.41, 5.74) is 2.46. The first-order valence-electron chi connectivity index (χ1n) is 8.80. The molecular formula is C20H21N3O3S. The van der Waals surface area contributed by atoms with E-state index in [1.165, 1.54) is 0 Å². The van der Waals surface area contributed by atoms with Gasteiger partial charge < -0.3 is 9.73 Å². The Labute approximate surface area is 162 Å². The van der Waals surface area contributed by atoms with Gasteiger partial charge in [0.25, 0.3) is 5.22 Å². The lowest BCUT2D eigenvalue weighted by molar-refractivity contribution is -0.129. The van der Waals surface area contributed by atoms with E-state index < -0.39 is 0 Å². The molecule has 27 heavy (non-hydrogen) atoms. The van der Waals surface area contributed by atoms with Crippen molar-refractivity contribution in [2.24, 2.45) is 0 Å². The summed E-state index contributed by atoms with van der Waals surface area (Å²) in [6.07, 6.45) is 0.290. The molecule has 140 valence electrons. The lowest BCUT2D eigenvalue weighted by Gasteiger charge is -2.17. The van der Waals surface area contributed by atoms with E-state index >= 15 is 0 Å². The Bertz CT molecular complexity index is 878. The molecule has 2 amide bonds.